The molecular formula is C35H33N3O9. The molecule has 47 heavy (non-hydrogen) atoms. The van der Waals surface area contributed by atoms with Crippen molar-refractivity contribution in [3.63, 3.8) is 0 Å². The molecule has 3 aliphatic carbocycles. The average molecular weight is 640 g/mol. The van der Waals surface area contributed by atoms with Crippen LogP contribution in [0.1, 0.15) is 32.7 Å². The van der Waals surface area contributed by atoms with Crippen LogP contribution in [-0.4, -0.2) is 81.6 Å². The maximum absolute atomic E-state index is 14.0. The fourth-order valence-electron chi connectivity index (χ4n) is 7.20. The smallest absolute Gasteiger partial charge is 0.255 e. The van der Waals surface area contributed by atoms with Crippen LogP contribution in [0.2, 0.25) is 0 Å². The number of hydrogen-bond donors (Lipinski definition) is 6. The molecule has 242 valence electrons. The molecular weight excluding hydrogens is 606 g/mol. The minimum atomic E-state index is -2.70. The van der Waals surface area contributed by atoms with Crippen molar-refractivity contribution in [1.29, 1.82) is 0 Å². The highest BCUT2D eigenvalue weighted by atomic mass is 16.5. The number of amides is 2. The molecule has 6 rings (SSSR count). The van der Waals surface area contributed by atoms with E-state index in [1.807, 2.05) is 0 Å². The van der Waals surface area contributed by atoms with Crippen LogP contribution in [0.5, 0.6) is 11.5 Å². The largest absolute Gasteiger partial charge is 0.510 e. The molecule has 0 saturated heterocycles. The number of Topliss-reactive ketones (excluding diaryl/α,β-unsaturated/α-hetero) is 2. The van der Waals surface area contributed by atoms with Crippen molar-refractivity contribution in [3.8, 4) is 22.6 Å². The van der Waals surface area contributed by atoms with E-state index in [0.29, 0.717) is 33.7 Å². The molecule has 1 unspecified atom stereocenters. The van der Waals surface area contributed by atoms with E-state index in [0.717, 1.165) is 0 Å². The number of aliphatic hydroxyl groups is 3. The normalized spacial score (nSPS) is 23.6. The molecule has 0 heterocycles. The summed E-state index contributed by atoms with van der Waals surface area (Å²) in [6.45, 7) is 0. The van der Waals surface area contributed by atoms with Gasteiger partial charge in [-0.25, -0.2) is 0 Å². The lowest BCUT2D eigenvalue weighted by Crippen LogP contribution is -2.63. The fraction of sp³-hybridized carbons (Fsp3) is 0.257. The van der Waals surface area contributed by atoms with Crippen LogP contribution in [0.3, 0.4) is 0 Å². The predicted molar refractivity (Wildman–Crippen MR) is 170 cm³/mol. The van der Waals surface area contributed by atoms with E-state index < -0.39 is 58.0 Å². The number of aromatic hydroxyl groups is 1. The zero-order valence-electron chi connectivity index (χ0n) is 25.8. The molecule has 0 bridgehead atoms. The number of nitrogens with zero attached hydrogens (tertiary/aromatic N) is 1. The Morgan fingerprint density at radius 2 is 1.64 bits per heavy atom. The second kappa shape index (κ2) is 11.4. The van der Waals surface area contributed by atoms with Gasteiger partial charge >= 0.3 is 0 Å². The molecule has 0 aromatic heterocycles. The number of nitrogens with two attached hydrogens (primary N) is 1. The predicted octanol–water partition coefficient (Wildman–Crippen LogP) is 3.05. The lowest BCUT2D eigenvalue weighted by molar-refractivity contribution is -0.148. The summed E-state index contributed by atoms with van der Waals surface area (Å²) < 4.78 is 5.14. The number of hydrogen-bond acceptors (Lipinski definition) is 10. The first-order chi connectivity index (χ1) is 22.3. The number of phenols is 1. The van der Waals surface area contributed by atoms with Gasteiger partial charge < -0.3 is 36.2 Å². The SMILES string of the molecule is COc1ccc(C(=O)Nc2ccc(-c3ccc(O)c4c3C[C@H]3C[C@H]5C(N(C)C)C(O)=C(C(N)=O)C(=O)[C@]5(O)C(O)=C3C4=O)cc2)cc1. The maximum Gasteiger partial charge on any atom is 0.255 e. The second-order valence-corrected chi connectivity index (χ2v) is 12.2. The van der Waals surface area contributed by atoms with Gasteiger partial charge in [0.2, 0.25) is 5.78 Å². The van der Waals surface area contributed by atoms with Gasteiger partial charge in [-0.05, 0) is 92.0 Å². The zero-order valence-corrected chi connectivity index (χ0v) is 25.8. The third-order valence-electron chi connectivity index (χ3n) is 9.41. The zero-order chi connectivity index (χ0) is 33.9. The number of phenolic OH excluding ortho intramolecular Hbond substituents is 1. The van der Waals surface area contributed by atoms with Crippen LogP contribution in [0.4, 0.5) is 5.69 Å². The molecule has 12 heteroatoms. The summed E-state index contributed by atoms with van der Waals surface area (Å²) in [5.74, 6) is -6.74. The lowest BCUT2D eigenvalue weighted by atomic mass is 9.58. The Bertz CT molecular complexity index is 1910. The molecule has 3 aromatic rings. The third-order valence-corrected chi connectivity index (χ3v) is 9.41. The summed E-state index contributed by atoms with van der Waals surface area (Å²) in [5.41, 5.74) is 4.30. The Labute approximate surface area is 269 Å². The highest BCUT2D eigenvalue weighted by Crippen LogP contribution is 2.53. The molecule has 4 atom stereocenters. The Kier molecular flexibility index (Phi) is 7.65. The van der Waals surface area contributed by atoms with E-state index in [1.165, 1.54) is 18.1 Å². The number of ketones is 2. The van der Waals surface area contributed by atoms with Crippen molar-refractivity contribution in [1.82, 2.24) is 4.90 Å². The number of nitrogens with one attached hydrogen (secondary N) is 1. The minimum Gasteiger partial charge on any atom is -0.510 e. The van der Waals surface area contributed by atoms with Crippen molar-refractivity contribution in [2.24, 2.45) is 17.6 Å². The maximum atomic E-state index is 14.0. The number of methoxy groups -OCH3 is 1. The summed E-state index contributed by atoms with van der Waals surface area (Å²) in [6, 6.07) is 15.5. The van der Waals surface area contributed by atoms with Crippen molar-refractivity contribution in [2.75, 3.05) is 26.5 Å². The minimum absolute atomic E-state index is 0.0167. The Balaban J connectivity index is 1.37. The topological polar surface area (TPSA) is 200 Å². The van der Waals surface area contributed by atoms with Crippen LogP contribution >= 0.6 is 0 Å². The second-order valence-electron chi connectivity index (χ2n) is 12.2. The Hall–Kier alpha value is -5.46. The molecule has 12 nitrogen and oxygen atoms in total. The highest BCUT2D eigenvalue weighted by Gasteiger charge is 2.63. The number of allylic oxidation sites excluding steroid dienone is 1. The van der Waals surface area contributed by atoms with E-state index >= 15 is 0 Å². The van der Waals surface area contributed by atoms with Crippen molar-refractivity contribution in [3.05, 3.63) is 100 Å². The number of aliphatic hydroxyl groups excluding tert-OH is 2. The molecule has 7 N–H and O–H groups in total. The number of carbonyl (C=O) groups is 4. The number of likely N-dealkylation sites (N-methyl/N-ethyl adjacent to an activating group) is 1. The quantitative estimate of drug-likeness (QED) is 0.218. The van der Waals surface area contributed by atoms with Crippen LogP contribution in [-0.2, 0) is 16.0 Å². The van der Waals surface area contributed by atoms with Crippen LogP contribution in [0, 0.1) is 11.8 Å². The summed E-state index contributed by atoms with van der Waals surface area (Å²) in [4.78, 5) is 53.9. The standard InChI is InChI=1S/C35H33N3O9/c1-38(2)28-23-15-18-14-22-21(16-4-8-19(9-5-16)37-34(45)17-6-10-20(47-3)11-7-17)12-13-24(39)26(22)29(40)25(18)31(42)35(23,46)32(43)27(30(28)41)33(36)44/h4-13,18,23,28,39,41-42,46H,14-15H2,1-3H3,(H2,36,44)(H,37,45)/t18-,23-,28?,35+/m0/s1. The summed E-state index contributed by atoms with van der Waals surface area (Å²) in [5, 5.41) is 47.9. The Morgan fingerprint density at radius 3 is 2.23 bits per heavy atom. The van der Waals surface area contributed by atoms with Gasteiger partial charge in [0, 0.05) is 22.7 Å². The van der Waals surface area contributed by atoms with E-state index in [4.69, 9.17) is 10.5 Å². The molecule has 3 aliphatic rings. The molecule has 3 aromatic carbocycles. The van der Waals surface area contributed by atoms with Gasteiger partial charge in [-0.3, -0.25) is 24.1 Å². The van der Waals surface area contributed by atoms with Crippen LogP contribution in [0.25, 0.3) is 11.1 Å². The van der Waals surface area contributed by atoms with Crippen molar-refractivity contribution < 1.29 is 44.3 Å². The number of fused-ring (bicyclic) bond motifs is 3. The number of primary amides is 1. The van der Waals surface area contributed by atoms with Gasteiger partial charge in [0.15, 0.2) is 11.4 Å². The summed E-state index contributed by atoms with van der Waals surface area (Å²) >= 11 is 0. The van der Waals surface area contributed by atoms with Gasteiger partial charge in [-0.1, -0.05) is 18.2 Å². The van der Waals surface area contributed by atoms with Crippen molar-refractivity contribution >= 4 is 29.1 Å². The van der Waals surface area contributed by atoms with Gasteiger partial charge in [-0.15, -0.1) is 0 Å². The van der Waals surface area contributed by atoms with Crippen LogP contribution < -0.4 is 15.8 Å². The number of carbonyl (C=O) groups excluding carboxylic acids is 4. The molecule has 0 spiro atoms. The summed E-state index contributed by atoms with van der Waals surface area (Å²) in [7, 11) is 4.69. The number of ether oxygens (including phenoxy) is 1. The molecule has 2 amide bonds. The fourth-order valence-corrected chi connectivity index (χ4v) is 7.20. The first-order valence-electron chi connectivity index (χ1n) is 14.8. The molecule has 0 fully saturated rings. The highest BCUT2D eigenvalue weighted by molar-refractivity contribution is 6.25. The Morgan fingerprint density at radius 1 is 0.979 bits per heavy atom. The number of benzene rings is 3. The number of rotatable bonds is 6. The van der Waals surface area contributed by atoms with Crippen molar-refractivity contribution in [2.45, 2.75) is 24.5 Å². The van der Waals surface area contributed by atoms with E-state index in [2.05, 4.69) is 5.32 Å². The molecule has 0 radical (unpaired) electrons. The van der Waals surface area contributed by atoms with Crippen LogP contribution in [0.15, 0.2) is 83.3 Å². The third kappa shape index (κ3) is 4.84. The molecule has 0 saturated carbocycles. The van der Waals surface area contributed by atoms with Gasteiger partial charge in [0.1, 0.15) is 28.6 Å². The summed E-state index contributed by atoms with van der Waals surface area (Å²) in [6.07, 6.45) is 0.130. The average Bonchev–Trinajstić information content (AvgIpc) is 3.03. The lowest BCUT2D eigenvalue weighted by Gasteiger charge is -2.50. The number of anilines is 1. The van der Waals surface area contributed by atoms with Gasteiger partial charge in [-0.2, -0.15) is 0 Å². The van der Waals surface area contributed by atoms with Gasteiger partial charge in [0.25, 0.3) is 11.8 Å². The first kappa shape index (κ1) is 31.5. The van der Waals surface area contributed by atoms with Gasteiger partial charge in [0.05, 0.1) is 18.7 Å². The first-order valence-corrected chi connectivity index (χ1v) is 14.8. The molecule has 0 aliphatic heterocycles. The van der Waals surface area contributed by atoms with E-state index in [1.54, 1.807) is 68.7 Å². The van der Waals surface area contributed by atoms with E-state index in [-0.39, 0.29) is 35.6 Å². The van der Waals surface area contributed by atoms with E-state index in [9.17, 15) is 39.6 Å². The monoisotopic (exact) mass is 639 g/mol.